The summed E-state index contributed by atoms with van der Waals surface area (Å²) < 4.78 is 1.98. The maximum Gasteiger partial charge on any atom is 0.146 e. The van der Waals surface area contributed by atoms with Crippen LogP contribution in [0.15, 0.2) is 0 Å². The molecule has 90 valence electrons. The van der Waals surface area contributed by atoms with E-state index in [2.05, 4.69) is 15.5 Å². The van der Waals surface area contributed by atoms with Crippen molar-refractivity contribution < 1.29 is 5.11 Å². The lowest BCUT2D eigenvalue weighted by Gasteiger charge is -2.27. The molecule has 1 fully saturated rings. The molecule has 1 heterocycles. The van der Waals surface area contributed by atoms with Crippen molar-refractivity contribution in [2.24, 2.45) is 7.05 Å². The first-order valence-electron chi connectivity index (χ1n) is 5.88. The van der Waals surface area contributed by atoms with Crippen LogP contribution < -0.4 is 5.32 Å². The van der Waals surface area contributed by atoms with Gasteiger partial charge in [0.05, 0.1) is 13.2 Å². The molecule has 5 heteroatoms. The molecule has 0 radical (unpaired) electrons. The van der Waals surface area contributed by atoms with Crippen LogP contribution in [0.4, 0.5) is 0 Å². The van der Waals surface area contributed by atoms with E-state index in [1.54, 1.807) is 0 Å². The SMILES string of the molecule is Cc1nnc(CNC2(CO)CCCC2)n1C. The second-order valence-corrected chi connectivity index (χ2v) is 4.72. The summed E-state index contributed by atoms with van der Waals surface area (Å²) in [4.78, 5) is 0. The first-order valence-corrected chi connectivity index (χ1v) is 5.88. The molecule has 0 aromatic carbocycles. The van der Waals surface area contributed by atoms with Gasteiger partial charge in [-0.15, -0.1) is 10.2 Å². The third kappa shape index (κ3) is 2.10. The van der Waals surface area contributed by atoms with Gasteiger partial charge in [0.15, 0.2) is 0 Å². The number of rotatable bonds is 4. The molecule has 0 unspecified atom stereocenters. The molecule has 1 aliphatic carbocycles. The Labute approximate surface area is 95.9 Å². The number of aliphatic hydroxyl groups excluding tert-OH is 1. The summed E-state index contributed by atoms with van der Waals surface area (Å²) in [5, 5.41) is 21.0. The van der Waals surface area contributed by atoms with Crippen LogP contribution >= 0.6 is 0 Å². The van der Waals surface area contributed by atoms with Crippen LogP contribution in [-0.4, -0.2) is 32.0 Å². The number of aryl methyl sites for hydroxylation is 1. The molecule has 16 heavy (non-hydrogen) atoms. The van der Waals surface area contributed by atoms with E-state index < -0.39 is 0 Å². The monoisotopic (exact) mass is 224 g/mol. The molecular formula is C11H20N4O. The van der Waals surface area contributed by atoms with Gasteiger partial charge >= 0.3 is 0 Å². The van der Waals surface area contributed by atoms with Crippen LogP contribution in [0.1, 0.15) is 37.3 Å². The van der Waals surface area contributed by atoms with Crippen molar-refractivity contribution in [3.63, 3.8) is 0 Å². The smallest absolute Gasteiger partial charge is 0.146 e. The summed E-state index contributed by atoms with van der Waals surface area (Å²) in [6.45, 7) is 2.83. The molecule has 2 N–H and O–H groups in total. The maximum atomic E-state index is 9.46. The molecular weight excluding hydrogens is 204 g/mol. The van der Waals surface area contributed by atoms with Gasteiger partial charge in [0.2, 0.25) is 0 Å². The van der Waals surface area contributed by atoms with Gasteiger partial charge in [0.25, 0.3) is 0 Å². The summed E-state index contributed by atoms with van der Waals surface area (Å²) in [6, 6.07) is 0. The Kier molecular flexibility index (Phi) is 3.25. The lowest BCUT2D eigenvalue weighted by atomic mass is 9.99. The normalized spacial score (nSPS) is 19.2. The fourth-order valence-electron chi connectivity index (χ4n) is 2.31. The Morgan fingerprint density at radius 3 is 2.56 bits per heavy atom. The molecule has 1 saturated carbocycles. The molecule has 0 bridgehead atoms. The molecule has 1 aromatic heterocycles. The molecule has 0 atom stereocenters. The van der Waals surface area contributed by atoms with Gasteiger partial charge in [-0.25, -0.2) is 0 Å². The lowest BCUT2D eigenvalue weighted by Crippen LogP contribution is -2.45. The van der Waals surface area contributed by atoms with Crippen LogP contribution in [0.25, 0.3) is 0 Å². The second-order valence-electron chi connectivity index (χ2n) is 4.72. The maximum absolute atomic E-state index is 9.46. The average molecular weight is 224 g/mol. The molecule has 0 aliphatic heterocycles. The number of hydrogen-bond donors (Lipinski definition) is 2. The highest BCUT2D eigenvalue weighted by molar-refractivity contribution is 4.97. The number of nitrogens with one attached hydrogen (secondary N) is 1. The summed E-state index contributed by atoms with van der Waals surface area (Å²) in [5.74, 6) is 1.85. The Balaban J connectivity index is 1.98. The average Bonchev–Trinajstić information content (AvgIpc) is 2.87. The van der Waals surface area contributed by atoms with E-state index >= 15 is 0 Å². The van der Waals surface area contributed by atoms with E-state index in [1.165, 1.54) is 12.8 Å². The predicted molar refractivity (Wildman–Crippen MR) is 60.9 cm³/mol. The van der Waals surface area contributed by atoms with Crippen molar-refractivity contribution in [1.29, 1.82) is 0 Å². The van der Waals surface area contributed by atoms with Crippen molar-refractivity contribution in [2.75, 3.05) is 6.61 Å². The van der Waals surface area contributed by atoms with Gasteiger partial charge in [-0.3, -0.25) is 0 Å². The fraction of sp³-hybridized carbons (Fsp3) is 0.818. The molecule has 0 spiro atoms. The standard InChI is InChI=1S/C11H20N4O/c1-9-13-14-10(15(9)2)7-12-11(8-16)5-3-4-6-11/h12,16H,3-8H2,1-2H3. The Hall–Kier alpha value is -0.940. The van der Waals surface area contributed by atoms with Crippen molar-refractivity contribution in [1.82, 2.24) is 20.1 Å². The van der Waals surface area contributed by atoms with Crippen LogP contribution in [0.2, 0.25) is 0 Å². The summed E-state index contributed by atoms with van der Waals surface area (Å²) in [6.07, 6.45) is 4.51. The topological polar surface area (TPSA) is 63.0 Å². The minimum Gasteiger partial charge on any atom is -0.394 e. The van der Waals surface area contributed by atoms with E-state index in [0.717, 1.165) is 24.5 Å². The molecule has 0 amide bonds. The molecule has 2 rings (SSSR count). The Morgan fingerprint density at radius 1 is 1.38 bits per heavy atom. The van der Waals surface area contributed by atoms with Crippen LogP contribution in [0.5, 0.6) is 0 Å². The zero-order valence-corrected chi connectivity index (χ0v) is 10.0. The number of hydrogen-bond acceptors (Lipinski definition) is 4. The van der Waals surface area contributed by atoms with Gasteiger partial charge in [-0.05, 0) is 19.8 Å². The van der Waals surface area contributed by atoms with Crippen molar-refractivity contribution in [2.45, 2.75) is 44.7 Å². The molecule has 0 saturated heterocycles. The third-order valence-corrected chi connectivity index (χ3v) is 3.67. The summed E-state index contributed by atoms with van der Waals surface area (Å²) in [7, 11) is 1.96. The van der Waals surface area contributed by atoms with Crippen molar-refractivity contribution in [3.8, 4) is 0 Å². The molecule has 5 nitrogen and oxygen atoms in total. The van der Waals surface area contributed by atoms with Gasteiger partial charge < -0.3 is 15.0 Å². The van der Waals surface area contributed by atoms with Gasteiger partial charge in [0.1, 0.15) is 11.6 Å². The first-order chi connectivity index (χ1) is 7.67. The van der Waals surface area contributed by atoms with E-state index in [-0.39, 0.29) is 12.1 Å². The summed E-state index contributed by atoms with van der Waals surface area (Å²) >= 11 is 0. The minimum absolute atomic E-state index is 0.0835. The number of aliphatic hydroxyl groups is 1. The largest absolute Gasteiger partial charge is 0.394 e. The lowest BCUT2D eigenvalue weighted by molar-refractivity contribution is 0.161. The quantitative estimate of drug-likeness (QED) is 0.782. The molecule has 1 aliphatic rings. The zero-order valence-electron chi connectivity index (χ0n) is 10.0. The van der Waals surface area contributed by atoms with Crippen molar-refractivity contribution >= 4 is 0 Å². The van der Waals surface area contributed by atoms with Crippen LogP contribution in [0.3, 0.4) is 0 Å². The van der Waals surface area contributed by atoms with Gasteiger partial charge in [-0.1, -0.05) is 12.8 Å². The predicted octanol–water partition coefficient (Wildman–Crippen LogP) is 0.518. The second kappa shape index (κ2) is 4.51. The van der Waals surface area contributed by atoms with Crippen LogP contribution in [0, 0.1) is 6.92 Å². The van der Waals surface area contributed by atoms with Gasteiger partial charge in [0, 0.05) is 12.6 Å². The molecule has 1 aromatic rings. The van der Waals surface area contributed by atoms with Crippen molar-refractivity contribution in [3.05, 3.63) is 11.6 Å². The van der Waals surface area contributed by atoms with Crippen LogP contribution in [-0.2, 0) is 13.6 Å². The highest BCUT2D eigenvalue weighted by atomic mass is 16.3. The Morgan fingerprint density at radius 2 is 2.06 bits per heavy atom. The Bertz CT molecular complexity index is 355. The van der Waals surface area contributed by atoms with E-state index in [9.17, 15) is 5.11 Å². The van der Waals surface area contributed by atoms with Gasteiger partial charge in [-0.2, -0.15) is 0 Å². The highest BCUT2D eigenvalue weighted by Crippen LogP contribution is 2.29. The third-order valence-electron chi connectivity index (χ3n) is 3.67. The number of aromatic nitrogens is 3. The fourth-order valence-corrected chi connectivity index (χ4v) is 2.31. The van der Waals surface area contributed by atoms with E-state index in [1.807, 2.05) is 18.5 Å². The van der Waals surface area contributed by atoms with E-state index in [4.69, 9.17) is 0 Å². The van der Waals surface area contributed by atoms with E-state index in [0.29, 0.717) is 6.54 Å². The summed E-state index contributed by atoms with van der Waals surface area (Å²) in [5.41, 5.74) is -0.0835. The first kappa shape index (κ1) is 11.5. The minimum atomic E-state index is -0.0835. The zero-order chi connectivity index (χ0) is 11.6. The highest BCUT2D eigenvalue weighted by Gasteiger charge is 2.32. The number of nitrogens with zero attached hydrogens (tertiary/aromatic N) is 3.